The number of rotatable bonds is 2. The minimum Gasteiger partial charge on any atom is -0.370 e. The Morgan fingerprint density at radius 1 is 1.46 bits per heavy atom. The molecule has 0 bridgehead atoms. The molecule has 1 aromatic heterocycles. The summed E-state index contributed by atoms with van der Waals surface area (Å²) in [6.07, 6.45) is 0.903. The van der Waals surface area contributed by atoms with Crippen molar-refractivity contribution in [2.24, 2.45) is 16.5 Å². The molecule has 4 N–H and O–H groups in total. The second-order valence-electron chi connectivity index (χ2n) is 2.32. The van der Waals surface area contributed by atoms with E-state index in [4.69, 9.17) is 11.5 Å². The van der Waals surface area contributed by atoms with Gasteiger partial charge < -0.3 is 11.5 Å². The Morgan fingerprint density at radius 2 is 2.15 bits per heavy atom. The van der Waals surface area contributed by atoms with Gasteiger partial charge in [-0.15, -0.1) is 0 Å². The fraction of sp³-hybridized carbons (Fsp3) is 0.143. The van der Waals surface area contributed by atoms with Gasteiger partial charge in [0, 0.05) is 6.07 Å². The molecule has 0 fully saturated rings. The van der Waals surface area contributed by atoms with Crippen molar-refractivity contribution >= 4 is 5.96 Å². The first-order valence-corrected chi connectivity index (χ1v) is 3.45. The average molecular weight is 186 g/mol. The number of nitrogens with zero attached hydrogens (tertiary/aromatic N) is 2. The van der Waals surface area contributed by atoms with Gasteiger partial charge in [-0.1, -0.05) is 0 Å². The van der Waals surface area contributed by atoms with Gasteiger partial charge in [-0.3, -0.25) is 4.98 Å². The van der Waals surface area contributed by atoms with Crippen LogP contribution in [-0.4, -0.2) is 10.9 Å². The lowest BCUT2D eigenvalue weighted by atomic mass is 10.3. The van der Waals surface area contributed by atoms with E-state index >= 15 is 0 Å². The fourth-order valence-corrected chi connectivity index (χ4v) is 0.725. The van der Waals surface area contributed by atoms with E-state index in [1.165, 1.54) is 0 Å². The van der Waals surface area contributed by atoms with E-state index in [2.05, 4.69) is 9.98 Å². The zero-order chi connectivity index (χ0) is 9.84. The summed E-state index contributed by atoms with van der Waals surface area (Å²) in [5, 5.41) is 0. The molecular weight excluding hydrogens is 178 g/mol. The predicted octanol–water partition coefficient (Wildman–Crippen LogP) is 0.133. The Kier molecular flexibility index (Phi) is 2.73. The lowest BCUT2D eigenvalue weighted by Crippen LogP contribution is -2.22. The maximum atomic E-state index is 12.8. The number of halogens is 2. The first-order valence-electron chi connectivity index (χ1n) is 3.45. The van der Waals surface area contributed by atoms with Crippen LogP contribution < -0.4 is 11.5 Å². The van der Waals surface area contributed by atoms with Gasteiger partial charge in [0.15, 0.2) is 5.96 Å². The molecule has 0 saturated carbocycles. The molecule has 0 saturated heterocycles. The number of aromatic nitrogens is 1. The lowest BCUT2D eigenvalue weighted by molar-refractivity contribution is 0.558. The van der Waals surface area contributed by atoms with Gasteiger partial charge in [-0.05, 0) is 0 Å². The van der Waals surface area contributed by atoms with Crippen LogP contribution in [0.1, 0.15) is 5.69 Å². The molecule has 0 atom stereocenters. The summed E-state index contributed by atoms with van der Waals surface area (Å²) < 4.78 is 25.2. The maximum Gasteiger partial charge on any atom is 0.186 e. The molecule has 1 rings (SSSR count). The van der Waals surface area contributed by atoms with Crippen molar-refractivity contribution in [2.75, 3.05) is 0 Å². The van der Waals surface area contributed by atoms with Crippen LogP contribution in [0.25, 0.3) is 0 Å². The molecule has 70 valence electrons. The molecular formula is C7H8F2N4. The Hall–Kier alpha value is -1.72. The highest BCUT2D eigenvalue weighted by molar-refractivity contribution is 5.75. The van der Waals surface area contributed by atoms with Crippen LogP contribution in [0.5, 0.6) is 0 Å². The van der Waals surface area contributed by atoms with Crippen LogP contribution in [0.3, 0.4) is 0 Å². The molecule has 13 heavy (non-hydrogen) atoms. The largest absolute Gasteiger partial charge is 0.370 e. The standard InChI is InChI=1S/C7H8F2N4/c8-4-1-5(9)6(12-2-4)3-13-7(10)11/h1-2H,3H2,(H4,10,11,13). The fourth-order valence-electron chi connectivity index (χ4n) is 0.725. The minimum absolute atomic E-state index is 0.00907. The van der Waals surface area contributed by atoms with Crippen LogP contribution in [0.2, 0.25) is 0 Å². The van der Waals surface area contributed by atoms with Crippen LogP contribution in [0.4, 0.5) is 8.78 Å². The average Bonchev–Trinajstić information content (AvgIpc) is 2.02. The number of hydrogen-bond donors (Lipinski definition) is 2. The third-order valence-corrected chi connectivity index (χ3v) is 1.30. The summed E-state index contributed by atoms with van der Waals surface area (Å²) in [5.41, 5.74) is 10.1. The van der Waals surface area contributed by atoms with Crippen molar-refractivity contribution in [1.82, 2.24) is 4.98 Å². The summed E-state index contributed by atoms with van der Waals surface area (Å²) in [7, 11) is 0. The van der Waals surface area contributed by atoms with E-state index in [0.29, 0.717) is 0 Å². The Labute approximate surface area is 73.3 Å². The quantitative estimate of drug-likeness (QED) is 0.509. The van der Waals surface area contributed by atoms with Crippen LogP contribution >= 0.6 is 0 Å². The van der Waals surface area contributed by atoms with Crippen LogP contribution in [0.15, 0.2) is 17.3 Å². The maximum absolute atomic E-state index is 12.8. The third-order valence-electron chi connectivity index (χ3n) is 1.30. The highest BCUT2D eigenvalue weighted by Gasteiger charge is 2.03. The highest BCUT2D eigenvalue weighted by atomic mass is 19.1. The second-order valence-corrected chi connectivity index (χ2v) is 2.32. The van der Waals surface area contributed by atoms with Crippen molar-refractivity contribution in [3.8, 4) is 0 Å². The number of nitrogens with two attached hydrogens (primary N) is 2. The Balaban J connectivity index is 2.84. The van der Waals surface area contributed by atoms with Gasteiger partial charge in [-0.2, -0.15) is 0 Å². The molecule has 6 heteroatoms. The smallest absolute Gasteiger partial charge is 0.186 e. The summed E-state index contributed by atoms with van der Waals surface area (Å²) in [6, 6.07) is 0.727. The van der Waals surface area contributed by atoms with Crippen LogP contribution in [-0.2, 0) is 6.54 Å². The lowest BCUT2D eigenvalue weighted by Gasteiger charge is -1.98. The molecule has 4 nitrogen and oxygen atoms in total. The van der Waals surface area contributed by atoms with Gasteiger partial charge in [0.1, 0.15) is 11.6 Å². The predicted molar refractivity (Wildman–Crippen MR) is 43.7 cm³/mol. The first-order chi connectivity index (χ1) is 6.09. The van der Waals surface area contributed by atoms with E-state index < -0.39 is 11.6 Å². The van der Waals surface area contributed by atoms with Crippen molar-refractivity contribution in [3.05, 3.63) is 29.6 Å². The molecule has 0 aliphatic carbocycles. The third kappa shape index (κ3) is 2.66. The molecule has 1 aromatic rings. The van der Waals surface area contributed by atoms with E-state index in [9.17, 15) is 8.78 Å². The summed E-state index contributed by atoms with van der Waals surface area (Å²) in [5.74, 6) is -1.65. The highest BCUT2D eigenvalue weighted by Crippen LogP contribution is 2.06. The molecule has 0 aliphatic heterocycles. The minimum atomic E-state index is -0.759. The van der Waals surface area contributed by atoms with Crippen molar-refractivity contribution < 1.29 is 8.78 Å². The van der Waals surface area contributed by atoms with E-state index in [-0.39, 0.29) is 18.2 Å². The molecule has 0 aromatic carbocycles. The van der Waals surface area contributed by atoms with Gasteiger partial charge >= 0.3 is 0 Å². The van der Waals surface area contributed by atoms with E-state index in [1.54, 1.807) is 0 Å². The SMILES string of the molecule is NC(N)=NCc1ncc(F)cc1F. The zero-order valence-electron chi connectivity index (χ0n) is 6.67. The van der Waals surface area contributed by atoms with Gasteiger partial charge in [-0.25, -0.2) is 13.8 Å². The first kappa shape index (κ1) is 9.37. The molecule has 0 unspecified atom stereocenters. The molecule has 0 aliphatic rings. The molecule has 1 heterocycles. The van der Waals surface area contributed by atoms with Gasteiger partial charge in [0.25, 0.3) is 0 Å². The van der Waals surface area contributed by atoms with E-state index in [0.717, 1.165) is 12.3 Å². The van der Waals surface area contributed by atoms with Crippen molar-refractivity contribution in [3.63, 3.8) is 0 Å². The zero-order valence-corrected chi connectivity index (χ0v) is 6.67. The van der Waals surface area contributed by atoms with Gasteiger partial charge in [0.2, 0.25) is 0 Å². The number of guanidine groups is 1. The monoisotopic (exact) mass is 186 g/mol. The van der Waals surface area contributed by atoms with Crippen LogP contribution in [0, 0.1) is 11.6 Å². The summed E-state index contributed by atoms with van der Waals surface area (Å²) in [4.78, 5) is 7.01. The molecule has 0 spiro atoms. The topological polar surface area (TPSA) is 77.3 Å². The number of hydrogen-bond acceptors (Lipinski definition) is 2. The van der Waals surface area contributed by atoms with Gasteiger partial charge in [0.05, 0.1) is 18.4 Å². The normalized spacial score (nSPS) is 9.69. The number of pyridine rings is 1. The molecule has 0 radical (unpaired) electrons. The Bertz CT molecular complexity index is 333. The summed E-state index contributed by atoms with van der Waals surface area (Å²) >= 11 is 0. The number of aliphatic imine (C=N–C) groups is 1. The molecule has 0 amide bonds. The second kappa shape index (κ2) is 3.79. The van der Waals surface area contributed by atoms with Crippen molar-refractivity contribution in [1.29, 1.82) is 0 Å². The summed E-state index contributed by atoms with van der Waals surface area (Å²) in [6.45, 7) is -0.0888. The van der Waals surface area contributed by atoms with Crippen molar-refractivity contribution in [2.45, 2.75) is 6.54 Å². The van der Waals surface area contributed by atoms with E-state index in [1.807, 2.05) is 0 Å². The Morgan fingerprint density at radius 3 is 2.69 bits per heavy atom.